The number of piperazine rings is 1. The molecule has 3 fully saturated rings. The molecule has 0 bridgehead atoms. The molecule has 2 saturated heterocycles. The average Bonchev–Trinajstić information content (AvgIpc) is 3.19. The Hall–Kier alpha value is -2.81. The Balaban J connectivity index is 1.25. The monoisotopic (exact) mass is 539 g/mol. The molecular formula is C27H38N7O3P. The van der Waals surface area contributed by atoms with Crippen molar-refractivity contribution in [2.45, 2.75) is 36.8 Å². The van der Waals surface area contributed by atoms with Gasteiger partial charge >= 0.3 is 12.0 Å². The number of carbonyl (C=O) groups is 2. The van der Waals surface area contributed by atoms with Gasteiger partial charge in [0.2, 0.25) is 5.95 Å². The third-order valence-electron chi connectivity index (χ3n) is 8.75. The first kappa shape index (κ1) is 26.8. The zero-order valence-corrected chi connectivity index (χ0v) is 23.7. The van der Waals surface area contributed by atoms with Crippen LogP contribution >= 0.6 is 9.39 Å². The van der Waals surface area contributed by atoms with Gasteiger partial charge in [-0.1, -0.05) is 30.3 Å². The highest BCUT2D eigenvalue weighted by molar-refractivity contribution is 7.14. The highest BCUT2D eigenvalue weighted by Crippen LogP contribution is 2.50. The van der Waals surface area contributed by atoms with E-state index in [1.165, 1.54) is 12.7 Å². The van der Waals surface area contributed by atoms with Crippen LogP contribution in [0.15, 0.2) is 42.7 Å². The van der Waals surface area contributed by atoms with Gasteiger partial charge in [-0.25, -0.2) is 14.8 Å². The molecule has 11 heteroatoms. The average molecular weight is 540 g/mol. The number of urea groups is 1. The van der Waals surface area contributed by atoms with Gasteiger partial charge in [0.05, 0.1) is 43.8 Å². The molecule has 204 valence electrons. The molecule has 2 aliphatic heterocycles. The maximum absolute atomic E-state index is 13.4. The van der Waals surface area contributed by atoms with Crippen LogP contribution in [-0.2, 0) is 15.1 Å². The predicted molar refractivity (Wildman–Crippen MR) is 150 cm³/mol. The number of hydrogen-bond acceptors (Lipinski definition) is 8. The lowest BCUT2D eigenvalue weighted by Crippen LogP contribution is -2.53. The van der Waals surface area contributed by atoms with E-state index in [0.29, 0.717) is 19.0 Å². The number of anilines is 2. The van der Waals surface area contributed by atoms with Crippen LogP contribution in [0.1, 0.15) is 31.2 Å². The topological polar surface area (TPSA) is 85.4 Å². The lowest BCUT2D eigenvalue weighted by atomic mass is 9.69. The number of esters is 1. The second-order valence-corrected chi connectivity index (χ2v) is 11.4. The first-order chi connectivity index (χ1) is 18.3. The van der Waals surface area contributed by atoms with Crippen molar-refractivity contribution >= 4 is 33.0 Å². The van der Waals surface area contributed by atoms with Gasteiger partial charge in [0.1, 0.15) is 0 Å². The van der Waals surface area contributed by atoms with E-state index < -0.39 is 0 Å². The van der Waals surface area contributed by atoms with Gasteiger partial charge in [0.25, 0.3) is 0 Å². The van der Waals surface area contributed by atoms with Crippen LogP contribution in [0.25, 0.3) is 0 Å². The second kappa shape index (κ2) is 10.8. The van der Waals surface area contributed by atoms with E-state index in [1.54, 1.807) is 12.4 Å². The molecule has 3 heterocycles. The Bertz CT molecular complexity index is 1130. The molecule has 1 aromatic heterocycles. The fourth-order valence-electron chi connectivity index (χ4n) is 6.21. The lowest BCUT2D eigenvalue weighted by molar-refractivity contribution is -0.142. The number of amides is 2. The molecule has 1 saturated carbocycles. The number of benzene rings is 1. The van der Waals surface area contributed by atoms with Crippen molar-refractivity contribution < 1.29 is 14.3 Å². The Morgan fingerprint density at radius 3 is 2.24 bits per heavy atom. The van der Waals surface area contributed by atoms with Crippen molar-refractivity contribution in [1.82, 2.24) is 24.4 Å². The van der Waals surface area contributed by atoms with Crippen molar-refractivity contribution in [3.63, 3.8) is 0 Å². The van der Waals surface area contributed by atoms with Gasteiger partial charge in [0, 0.05) is 31.7 Å². The molecule has 10 nitrogen and oxygen atoms in total. The lowest BCUT2D eigenvalue weighted by Gasteiger charge is -2.50. The van der Waals surface area contributed by atoms with Gasteiger partial charge in [-0.2, -0.15) is 0 Å². The summed E-state index contributed by atoms with van der Waals surface area (Å²) < 4.78 is 6.63. The fraction of sp³-hybridized carbons (Fsp3) is 0.556. The van der Waals surface area contributed by atoms with Crippen LogP contribution in [0, 0.1) is 0 Å². The molecule has 1 spiro atoms. The second-order valence-electron chi connectivity index (χ2n) is 10.8. The molecule has 1 aliphatic carbocycles. The van der Waals surface area contributed by atoms with Crippen molar-refractivity contribution in [2.75, 3.05) is 70.3 Å². The highest BCUT2D eigenvalue weighted by Gasteiger charge is 2.53. The number of carbonyl (C=O) groups excluding carboxylic acids is 2. The van der Waals surface area contributed by atoms with E-state index in [-0.39, 0.29) is 23.1 Å². The van der Waals surface area contributed by atoms with Gasteiger partial charge in [-0.3, -0.25) is 19.5 Å². The molecule has 1 atom stereocenters. The van der Waals surface area contributed by atoms with Crippen molar-refractivity contribution in [2.24, 2.45) is 0 Å². The van der Waals surface area contributed by atoms with Gasteiger partial charge in [0.15, 0.2) is 0 Å². The Morgan fingerprint density at radius 2 is 1.66 bits per heavy atom. The van der Waals surface area contributed by atoms with Gasteiger partial charge in [-0.15, -0.1) is 0 Å². The van der Waals surface area contributed by atoms with E-state index >= 15 is 0 Å². The largest absolute Gasteiger partial charge is 0.468 e. The summed E-state index contributed by atoms with van der Waals surface area (Å²) in [6.07, 6.45) is 7.31. The summed E-state index contributed by atoms with van der Waals surface area (Å²) in [5.41, 5.74) is 1.80. The van der Waals surface area contributed by atoms with E-state index in [0.717, 1.165) is 57.5 Å². The zero-order chi connectivity index (χ0) is 26.9. The van der Waals surface area contributed by atoms with Crippen LogP contribution in [0.2, 0.25) is 0 Å². The first-order valence-corrected chi connectivity index (χ1v) is 13.8. The molecule has 2 amide bonds. The summed E-state index contributed by atoms with van der Waals surface area (Å²) in [7, 11) is 8.43. The molecular weight excluding hydrogens is 501 g/mol. The van der Waals surface area contributed by atoms with Gasteiger partial charge < -0.3 is 14.3 Å². The maximum atomic E-state index is 13.4. The molecule has 2 aromatic rings. The van der Waals surface area contributed by atoms with Crippen LogP contribution in [-0.4, -0.2) is 102 Å². The number of methoxy groups -OCH3 is 1. The summed E-state index contributed by atoms with van der Waals surface area (Å²) in [5, 5.41) is 0. The van der Waals surface area contributed by atoms with Crippen LogP contribution in [0.5, 0.6) is 0 Å². The smallest absolute Gasteiger partial charge is 0.328 e. The molecule has 1 aromatic carbocycles. The summed E-state index contributed by atoms with van der Waals surface area (Å²) in [4.78, 5) is 42.5. The minimum absolute atomic E-state index is 0.0277. The normalized spacial score (nSPS) is 26.4. The van der Waals surface area contributed by atoms with Crippen LogP contribution in [0.4, 0.5) is 16.4 Å². The van der Waals surface area contributed by atoms with E-state index in [9.17, 15) is 9.59 Å². The quantitative estimate of drug-likeness (QED) is 0.409. The maximum Gasteiger partial charge on any atom is 0.328 e. The Kier molecular flexibility index (Phi) is 7.58. The minimum Gasteiger partial charge on any atom is -0.468 e. The standard InChI is InChI=1S/C27H38N7O3P/c1-30(2)27(21-7-5-4-6-8-21)11-9-26(10-12-27)20-33(25(36)34(26)38)22-17-28-24(29-18-22)32-15-13-31(14-16-32)19-23(35)37-3/h4-8,17-18H,9-16,19-20,38H2,1-3H3/t26-,27+. The van der Waals surface area contributed by atoms with Crippen LogP contribution in [0.3, 0.4) is 0 Å². The molecule has 1 unspecified atom stereocenters. The summed E-state index contributed by atoms with van der Waals surface area (Å²) in [6.45, 7) is 3.88. The SMILES string of the molecule is COC(=O)CN1CCN(c2ncc(N3C[C@]4(CC[C@](c5ccccc5)(N(C)C)CC4)N(P)C3=O)cn2)CC1. The third-order valence-corrected chi connectivity index (χ3v) is 9.52. The number of rotatable bonds is 6. The third kappa shape index (κ3) is 4.85. The van der Waals surface area contributed by atoms with Crippen molar-refractivity contribution in [3.05, 3.63) is 48.3 Å². The number of aromatic nitrogens is 2. The van der Waals surface area contributed by atoms with E-state index in [1.807, 2.05) is 9.57 Å². The fourth-order valence-corrected chi connectivity index (χ4v) is 6.69. The molecule has 5 rings (SSSR count). The van der Waals surface area contributed by atoms with E-state index in [2.05, 4.69) is 78.5 Å². The van der Waals surface area contributed by atoms with Crippen LogP contribution < -0.4 is 9.80 Å². The van der Waals surface area contributed by atoms with Crippen molar-refractivity contribution in [1.29, 1.82) is 0 Å². The Labute approximate surface area is 227 Å². The summed E-state index contributed by atoms with van der Waals surface area (Å²) >= 11 is 0. The highest BCUT2D eigenvalue weighted by atomic mass is 31.0. The summed E-state index contributed by atoms with van der Waals surface area (Å²) in [6, 6.07) is 10.7. The number of ether oxygens (including phenoxy) is 1. The number of hydrogen-bond donors (Lipinski definition) is 0. The minimum atomic E-state index is -0.231. The van der Waals surface area contributed by atoms with E-state index in [4.69, 9.17) is 4.74 Å². The number of nitrogens with zero attached hydrogens (tertiary/aromatic N) is 7. The summed E-state index contributed by atoms with van der Waals surface area (Å²) in [5.74, 6) is 0.424. The molecule has 0 N–H and O–H groups in total. The van der Waals surface area contributed by atoms with Gasteiger partial charge in [-0.05, 0) is 54.7 Å². The first-order valence-electron chi connectivity index (χ1n) is 13.2. The zero-order valence-electron chi connectivity index (χ0n) is 22.5. The van der Waals surface area contributed by atoms with Crippen molar-refractivity contribution in [3.8, 4) is 0 Å². The Morgan fingerprint density at radius 1 is 1.03 bits per heavy atom. The molecule has 38 heavy (non-hydrogen) atoms. The predicted octanol–water partition coefficient (Wildman–Crippen LogP) is 2.57. The molecule has 3 aliphatic rings. The molecule has 0 radical (unpaired) electrons.